The number of hydrogen-bond acceptors (Lipinski definition) is 4. The maximum atomic E-state index is 13.8. The molecule has 1 atom stereocenters. The number of hydrogen-bond donors (Lipinski definition) is 1. The molecule has 1 N–H and O–H groups in total. The van der Waals surface area contributed by atoms with Gasteiger partial charge < -0.3 is 14.6 Å². The maximum Gasteiger partial charge on any atom is 0.257 e. The summed E-state index contributed by atoms with van der Waals surface area (Å²) in [6.07, 6.45) is 4.75. The van der Waals surface area contributed by atoms with Crippen LogP contribution in [-0.2, 0) is 23.5 Å². The molecule has 1 unspecified atom stereocenters. The van der Waals surface area contributed by atoms with Crippen LogP contribution in [0.2, 0.25) is 5.02 Å². The SMILES string of the molecule is O=C(NCc1ccc(Cl)cc1)c1cn2c3c(cc(CC4CCOCC4)cc3c1=O)CSC2c1ccccc1. The highest BCUT2D eigenvalue weighted by Crippen LogP contribution is 2.41. The molecule has 0 bridgehead atoms. The number of ether oxygens (including phenoxy) is 1. The van der Waals surface area contributed by atoms with Gasteiger partial charge in [-0.05, 0) is 65.6 Å². The van der Waals surface area contributed by atoms with Gasteiger partial charge in [0.15, 0.2) is 0 Å². The van der Waals surface area contributed by atoms with Crippen molar-refractivity contribution in [3.8, 4) is 0 Å². The minimum atomic E-state index is -0.366. The van der Waals surface area contributed by atoms with Gasteiger partial charge in [-0.3, -0.25) is 9.59 Å². The van der Waals surface area contributed by atoms with Gasteiger partial charge in [-0.15, -0.1) is 11.8 Å². The number of nitrogens with one attached hydrogen (secondary N) is 1. The molecular weight excluding hydrogens is 516 g/mol. The molecule has 0 radical (unpaired) electrons. The molecule has 0 aliphatic carbocycles. The minimum Gasteiger partial charge on any atom is -0.381 e. The van der Waals surface area contributed by atoms with Crippen LogP contribution >= 0.6 is 23.4 Å². The topological polar surface area (TPSA) is 60.3 Å². The van der Waals surface area contributed by atoms with Crippen LogP contribution < -0.4 is 10.7 Å². The number of rotatable bonds is 6. The summed E-state index contributed by atoms with van der Waals surface area (Å²) in [5.74, 6) is 1.00. The van der Waals surface area contributed by atoms with E-state index in [0.29, 0.717) is 22.9 Å². The third kappa shape index (κ3) is 5.13. The van der Waals surface area contributed by atoms with Gasteiger partial charge in [0.2, 0.25) is 5.43 Å². The third-order valence-electron chi connectivity index (χ3n) is 7.47. The van der Waals surface area contributed by atoms with Gasteiger partial charge >= 0.3 is 0 Å². The Bertz CT molecular complexity index is 1530. The molecule has 3 aromatic carbocycles. The van der Waals surface area contributed by atoms with Crippen LogP contribution in [0, 0.1) is 5.92 Å². The molecule has 1 aromatic heterocycles. The van der Waals surface area contributed by atoms with E-state index in [-0.39, 0.29) is 22.3 Å². The molecule has 3 heterocycles. The molecule has 2 aliphatic rings. The minimum absolute atomic E-state index is 0.0176. The smallest absolute Gasteiger partial charge is 0.257 e. The molecule has 7 heteroatoms. The van der Waals surface area contributed by atoms with E-state index < -0.39 is 0 Å². The highest BCUT2D eigenvalue weighted by atomic mass is 35.5. The fraction of sp³-hybridized carbons (Fsp3) is 0.290. The molecule has 0 saturated carbocycles. The van der Waals surface area contributed by atoms with Crippen LogP contribution in [-0.4, -0.2) is 23.7 Å². The summed E-state index contributed by atoms with van der Waals surface area (Å²) in [4.78, 5) is 27.2. The lowest BCUT2D eigenvalue weighted by Gasteiger charge is -2.30. The van der Waals surface area contributed by atoms with Crippen LogP contribution in [0.3, 0.4) is 0 Å². The molecule has 38 heavy (non-hydrogen) atoms. The molecule has 2 aliphatic heterocycles. The molecule has 0 spiro atoms. The first-order valence-electron chi connectivity index (χ1n) is 13.0. The lowest BCUT2D eigenvalue weighted by molar-refractivity contribution is 0.0665. The summed E-state index contributed by atoms with van der Waals surface area (Å²) in [7, 11) is 0. The van der Waals surface area contributed by atoms with Gasteiger partial charge in [-0.2, -0.15) is 0 Å². The summed E-state index contributed by atoms with van der Waals surface area (Å²) in [5.41, 5.74) is 5.29. The van der Waals surface area contributed by atoms with E-state index in [1.54, 1.807) is 18.3 Å². The van der Waals surface area contributed by atoms with Gasteiger partial charge in [0.1, 0.15) is 10.9 Å². The molecule has 1 saturated heterocycles. The summed E-state index contributed by atoms with van der Waals surface area (Å²) in [5, 5.41) is 4.20. The number of thioether (sulfide) groups is 1. The van der Waals surface area contributed by atoms with E-state index in [1.807, 2.05) is 48.2 Å². The van der Waals surface area contributed by atoms with Crippen molar-refractivity contribution in [1.29, 1.82) is 0 Å². The predicted molar refractivity (Wildman–Crippen MR) is 154 cm³/mol. The van der Waals surface area contributed by atoms with Gasteiger partial charge in [0.05, 0.1) is 5.52 Å². The lowest BCUT2D eigenvalue weighted by Crippen LogP contribution is -2.31. The van der Waals surface area contributed by atoms with Crippen molar-refractivity contribution in [2.24, 2.45) is 5.92 Å². The summed E-state index contributed by atoms with van der Waals surface area (Å²) in [6.45, 7) is 1.91. The van der Waals surface area contributed by atoms with Gasteiger partial charge in [-0.25, -0.2) is 0 Å². The Kier molecular flexibility index (Phi) is 7.28. The average molecular weight is 545 g/mol. The average Bonchev–Trinajstić information content (AvgIpc) is 2.95. The van der Waals surface area contributed by atoms with Crippen molar-refractivity contribution in [3.05, 3.63) is 116 Å². The Morgan fingerprint density at radius 1 is 1.03 bits per heavy atom. The van der Waals surface area contributed by atoms with Gasteiger partial charge in [0.25, 0.3) is 5.91 Å². The summed E-state index contributed by atoms with van der Waals surface area (Å²) in [6, 6.07) is 21.9. The Hall–Kier alpha value is -3.06. The normalized spacial score (nSPS) is 17.4. The highest BCUT2D eigenvalue weighted by Gasteiger charge is 2.27. The largest absolute Gasteiger partial charge is 0.381 e. The third-order valence-corrected chi connectivity index (χ3v) is 9.02. The molecule has 1 amide bonds. The van der Waals surface area contributed by atoms with Crippen LogP contribution in [0.5, 0.6) is 0 Å². The van der Waals surface area contributed by atoms with Crippen molar-refractivity contribution in [2.75, 3.05) is 13.2 Å². The van der Waals surface area contributed by atoms with E-state index in [2.05, 4.69) is 28.1 Å². The quantitative estimate of drug-likeness (QED) is 0.307. The van der Waals surface area contributed by atoms with Crippen LogP contribution in [0.1, 0.15) is 50.8 Å². The van der Waals surface area contributed by atoms with Crippen molar-refractivity contribution in [1.82, 2.24) is 9.88 Å². The van der Waals surface area contributed by atoms with E-state index in [9.17, 15) is 9.59 Å². The van der Waals surface area contributed by atoms with E-state index in [4.69, 9.17) is 16.3 Å². The second-order valence-corrected chi connectivity index (χ2v) is 11.6. The fourth-order valence-corrected chi connectivity index (χ4v) is 6.87. The Morgan fingerprint density at radius 2 is 1.79 bits per heavy atom. The van der Waals surface area contributed by atoms with Crippen molar-refractivity contribution in [2.45, 2.75) is 36.9 Å². The lowest BCUT2D eigenvalue weighted by atomic mass is 9.90. The van der Waals surface area contributed by atoms with Crippen LogP contribution in [0.15, 0.2) is 77.7 Å². The molecular formula is C31H29ClN2O3S. The Labute approximate surface area is 231 Å². The standard InChI is InChI=1S/C31H29ClN2O3S/c32-25-8-6-21(7-9-25)17-33-30(36)27-18-34-28-24(19-38-31(34)23-4-2-1-3-5-23)15-22(16-26(28)29(27)35)14-20-10-12-37-13-11-20/h1-9,15-16,18,20,31H,10-14,17,19H2,(H,33,36). The van der Waals surface area contributed by atoms with E-state index >= 15 is 0 Å². The number of amides is 1. The number of carbonyl (C=O) groups excluding carboxylic acids is 1. The molecule has 194 valence electrons. The number of pyridine rings is 1. The second-order valence-electron chi connectivity index (χ2n) is 10.1. The predicted octanol–water partition coefficient (Wildman–Crippen LogP) is 6.35. The summed E-state index contributed by atoms with van der Waals surface area (Å²) >= 11 is 7.82. The van der Waals surface area contributed by atoms with E-state index in [0.717, 1.165) is 60.4 Å². The maximum absolute atomic E-state index is 13.8. The Morgan fingerprint density at radius 3 is 2.55 bits per heavy atom. The zero-order valence-electron chi connectivity index (χ0n) is 21.0. The summed E-state index contributed by atoms with van der Waals surface area (Å²) < 4.78 is 7.68. The molecule has 4 aromatic rings. The first kappa shape index (κ1) is 25.2. The van der Waals surface area contributed by atoms with Gasteiger partial charge in [0, 0.05) is 42.1 Å². The zero-order chi connectivity index (χ0) is 26.1. The van der Waals surface area contributed by atoms with Gasteiger partial charge in [-0.1, -0.05) is 60.1 Å². The zero-order valence-corrected chi connectivity index (χ0v) is 22.6. The van der Waals surface area contributed by atoms with Crippen LogP contribution in [0.25, 0.3) is 10.9 Å². The second kappa shape index (κ2) is 11.0. The van der Waals surface area contributed by atoms with Crippen molar-refractivity contribution in [3.63, 3.8) is 0 Å². The number of benzene rings is 3. The molecule has 5 nitrogen and oxygen atoms in total. The highest BCUT2D eigenvalue weighted by molar-refractivity contribution is 7.98. The fourth-order valence-electron chi connectivity index (χ4n) is 5.51. The Balaban J connectivity index is 1.42. The first-order valence-corrected chi connectivity index (χ1v) is 14.5. The monoisotopic (exact) mass is 544 g/mol. The van der Waals surface area contributed by atoms with E-state index in [1.165, 1.54) is 5.56 Å². The van der Waals surface area contributed by atoms with Crippen molar-refractivity contribution >= 4 is 40.2 Å². The number of nitrogens with zero attached hydrogens (tertiary/aromatic N) is 1. The molecule has 6 rings (SSSR count). The first-order chi connectivity index (χ1) is 18.6. The van der Waals surface area contributed by atoms with Crippen molar-refractivity contribution < 1.29 is 9.53 Å². The molecule has 1 fully saturated rings. The van der Waals surface area contributed by atoms with Crippen LogP contribution in [0.4, 0.5) is 0 Å². The number of halogens is 1. The number of aromatic nitrogens is 1. The number of carbonyl (C=O) groups is 1.